The van der Waals surface area contributed by atoms with E-state index < -0.39 is 48.1 Å². The van der Waals surface area contributed by atoms with Crippen LogP contribution < -0.4 is 33.2 Å². The summed E-state index contributed by atoms with van der Waals surface area (Å²) in [5.41, 5.74) is 19.0. The van der Waals surface area contributed by atoms with Crippen molar-refractivity contribution < 1.29 is 34.8 Å². The van der Waals surface area contributed by atoms with Crippen molar-refractivity contribution in [2.45, 2.75) is 49.6 Å². The molecule has 0 aliphatic carbocycles. The van der Waals surface area contributed by atoms with Gasteiger partial charge in [0.15, 0.2) is 0 Å². The fourth-order valence-electron chi connectivity index (χ4n) is 4.19. The molecule has 1 heterocycles. The monoisotopic (exact) mass is 544 g/mol. The topological polar surface area (TPSA) is 246 Å². The lowest BCUT2D eigenvalue weighted by atomic mass is 9.95. The molecule has 2 aromatic rings. The molecule has 2 unspecified atom stereocenters. The highest BCUT2D eigenvalue weighted by Crippen LogP contribution is 2.30. The number of phenolic OH excluding ortho intramolecular Hbond substituents is 2. The van der Waals surface area contributed by atoms with Crippen LogP contribution in [-0.4, -0.2) is 88.1 Å². The number of hydrogen-bond donors (Lipinski definition) is 10. The van der Waals surface area contributed by atoms with E-state index in [0.29, 0.717) is 22.3 Å². The normalized spacial score (nSPS) is 21.5. The molecular weight excluding hydrogens is 508 g/mol. The van der Waals surface area contributed by atoms with Gasteiger partial charge in [-0.05, 0) is 46.5 Å². The van der Waals surface area contributed by atoms with E-state index in [2.05, 4.69) is 16.0 Å². The fraction of sp³-hybridized carbons (Fsp3) is 0.423. The summed E-state index contributed by atoms with van der Waals surface area (Å²) in [4.78, 5) is 39.3. The lowest BCUT2D eigenvalue weighted by Gasteiger charge is -2.26. The highest BCUT2D eigenvalue weighted by atomic mass is 16.3. The molecule has 13 nitrogen and oxygen atoms in total. The molecule has 1 aliphatic rings. The van der Waals surface area contributed by atoms with Crippen LogP contribution in [0.2, 0.25) is 0 Å². The summed E-state index contributed by atoms with van der Waals surface area (Å²) < 4.78 is 0. The first kappa shape index (κ1) is 29.8. The highest BCUT2D eigenvalue weighted by Gasteiger charge is 2.31. The average Bonchev–Trinajstić information content (AvgIpc) is 2.92. The number of carbonyl (C=O) groups is 3. The zero-order valence-corrected chi connectivity index (χ0v) is 21.3. The first-order valence-electron chi connectivity index (χ1n) is 12.6. The number of aliphatic hydroxyl groups is 2. The number of fused-ring (bicyclic) bond motifs is 5. The number of nitrogens with two attached hydrogens (primary N) is 3. The van der Waals surface area contributed by atoms with E-state index in [1.54, 1.807) is 24.3 Å². The first-order valence-corrected chi connectivity index (χ1v) is 12.6. The van der Waals surface area contributed by atoms with Crippen molar-refractivity contribution in [3.8, 4) is 22.6 Å². The first-order chi connectivity index (χ1) is 18.5. The number of aromatic hydroxyl groups is 2. The van der Waals surface area contributed by atoms with E-state index in [0.717, 1.165) is 0 Å². The Kier molecular flexibility index (Phi) is 10.2. The van der Waals surface area contributed by atoms with Gasteiger partial charge in [-0.1, -0.05) is 12.1 Å². The quantitative estimate of drug-likeness (QED) is 0.173. The summed E-state index contributed by atoms with van der Waals surface area (Å²) in [6, 6.07) is 5.81. The molecule has 5 atom stereocenters. The molecule has 13 heteroatoms. The van der Waals surface area contributed by atoms with Gasteiger partial charge in [-0.25, -0.2) is 0 Å². The fourth-order valence-corrected chi connectivity index (χ4v) is 4.19. The van der Waals surface area contributed by atoms with Gasteiger partial charge in [0.25, 0.3) is 0 Å². The van der Waals surface area contributed by atoms with E-state index in [9.17, 15) is 34.8 Å². The van der Waals surface area contributed by atoms with Crippen molar-refractivity contribution in [3.05, 3.63) is 47.5 Å². The maximum absolute atomic E-state index is 13.3. The highest BCUT2D eigenvalue weighted by molar-refractivity contribution is 5.93. The summed E-state index contributed by atoms with van der Waals surface area (Å²) in [5, 5.41) is 48.4. The van der Waals surface area contributed by atoms with Crippen molar-refractivity contribution in [2.24, 2.45) is 17.2 Å². The zero-order valence-electron chi connectivity index (χ0n) is 21.3. The molecule has 0 spiro atoms. The third-order valence-corrected chi connectivity index (χ3v) is 6.52. The molecule has 0 fully saturated rings. The summed E-state index contributed by atoms with van der Waals surface area (Å²) in [6.07, 6.45) is -2.63. The minimum absolute atomic E-state index is 0.0568. The molecule has 4 bridgehead atoms. The summed E-state index contributed by atoms with van der Waals surface area (Å²) >= 11 is 0. The van der Waals surface area contributed by atoms with Gasteiger partial charge in [0, 0.05) is 38.9 Å². The van der Waals surface area contributed by atoms with Gasteiger partial charge in [0.1, 0.15) is 23.6 Å². The summed E-state index contributed by atoms with van der Waals surface area (Å²) in [6.45, 7) is -0.459. The predicted molar refractivity (Wildman–Crippen MR) is 142 cm³/mol. The molecular formula is C26H36N6O7. The van der Waals surface area contributed by atoms with Crippen molar-refractivity contribution in [1.82, 2.24) is 16.0 Å². The number of phenols is 2. The Morgan fingerprint density at radius 1 is 0.897 bits per heavy atom. The molecule has 0 saturated heterocycles. The van der Waals surface area contributed by atoms with Gasteiger partial charge < -0.3 is 53.6 Å². The molecule has 1 aliphatic heterocycles. The van der Waals surface area contributed by atoms with Crippen LogP contribution in [0.1, 0.15) is 17.5 Å². The van der Waals surface area contributed by atoms with Crippen molar-refractivity contribution >= 4 is 17.7 Å². The molecule has 3 rings (SSSR count). The van der Waals surface area contributed by atoms with Crippen LogP contribution in [0.5, 0.6) is 11.5 Å². The van der Waals surface area contributed by atoms with Gasteiger partial charge in [-0.2, -0.15) is 0 Å². The van der Waals surface area contributed by atoms with Crippen LogP contribution in [0.4, 0.5) is 0 Å². The van der Waals surface area contributed by atoms with Crippen LogP contribution in [0.3, 0.4) is 0 Å². The molecule has 0 radical (unpaired) electrons. The lowest BCUT2D eigenvalue weighted by Crippen LogP contribution is -2.57. The van der Waals surface area contributed by atoms with E-state index in [1.165, 1.54) is 12.1 Å². The van der Waals surface area contributed by atoms with E-state index in [-0.39, 0.29) is 50.4 Å². The molecule has 212 valence electrons. The number of aliphatic hydroxyl groups excluding tert-OH is 2. The number of benzene rings is 2. The second-order valence-corrected chi connectivity index (χ2v) is 9.58. The number of amides is 3. The van der Waals surface area contributed by atoms with Gasteiger partial charge >= 0.3 is 0 Å². The molecule has 0 aromatic heterocycles. The van der Waals surface area contributed by atoms with Gasteiger partial charge in [0.2, 0.25) is 17.7 Å². The average molecular weight is 545 g/mol. The second-order valence-electron chi connectivity index (χ2n) is 9.58. The van der Waals surface area contributed by atoms with Gasteiger partial charge in [-0.3, -0.25) is 14.4 Å². The van der Waals surface area contributed by atoms with Gasteiger partial charge in [-0.15, -0.1) is 0 Å². The summed E-state index contributed by atoms with van der Waals surface area (Å²) in [5.74, 6) is -2.38. The van der Waals surface area contributed by atoms with Crippen LogP contribution >= 0.6 is 0 Å². The number of hydrogen-bond acceptors (Lipinski definition) is 10. The van der Waals surface area contributed by atoms with E-state index >= 15 is 0 Å². The number of nitrogens with one attached hydrogen (secondary N) is 3. The lowest BCUT2D eigenvalue weighted by molar-refractivity contribution is -0.133. The third-order valence-electron chi connectivity index (χ3n) is 6.52. The van der Waals surface area contributed by atoms with Crippen molar-refractivity contribution in [3.63, 3.8) is 0 Å². The second kappa shape index (κ2) is 13.4. The van der Waals surface area contributed by atoms with E-state index in [1.807, 2.05) is 0 Å². The van der Waals surface area contributed by atoms with Gasteiger partial charge in [0.05, 0.1) is 18.2 Å². The van der Waals surface area contributed by atoms with Crippen LogP contribution in [0, 0.1) is 0 Å². The van der Waals surface area contributed by atoms with E-state index in [4.69, 9.17) is 17.2 Å². The maximum atomic E-state index is 13.3. The Morgan fingerprint density at radius 3 is 2.03 bits per heavy atom. The molecule has 3 amide bonds. The number of carbonyl (C=O) groups excluding carboxylic acids is 3. The largest absolute Gasteiger partial charge is 0.508 e. The third kappa shape index (κ3) is 7.88. The number of rotatable bonds is 7. The Balaban J connectivity index is 2.07. The van der Waals surface area contributed by atoms with Crippen LogP contribution in [-0.2, 0) is 27.2 Å². The summed E-state index contributed by atoms with van der Waals surface area (Å²) in [7, 11) is 0. The Labute approximate surface area is 225 Å². The Morgan fingerprint density at radius 2 is 1.46 bits per heavy atom. The standard InChI is InChI=1S/C26H36N6O7/c27-10-17(33)9-21-26(39)32-20(25(38)30-12-18(34)11-28)8-16-6-14(2-4-23(16)36)13-1-3-22(35)15(5-13)7-19(29)24(37)31-21/h1-6,17-21,33-36H,7-12,27-29H2,(H,30,38)(H,31,37)(H,32,39)/t17-,18?,19?,20+,21+/m1/s1. The van der Waals surface area contributed by atoms with Crippen molar-refractivity contribution in [2.75, 3.05) is 19.6 Å². The SMILES string of the molecule is NCC(O)CNC(=O)[C@@H]1Cc2cc(ccc2O)-c2ccc(O)c(c2)CC(N)C(=O)N[C@@H](C[C@@H](O)CN)C(=O)N1. The van der Waals surface area contributed by atoms with Crippen molar-refractivity contribution in [1.29, 1.82) is 0 Å². The molecule has 0 saturated carbocycles. The Bertz CT molecular complexity index is 1190. The van der Waals surface area contributed by atoms with Crippen LogP contribution in [0.15, 0.2) is 36.4 Å². The zero-order chi connectivity index (χ0) is 28.7. The maximum Gasteiger partial charge on any atom is 0.243 e. The molecule has 13 N–H and O–H groups in total. The minimum atomic E-state index is -1.31. The molecule has 2 aromatic carbocycles. The van der Waals surface area contributed by atoms with Crippen LogP contribution in [0.25, 0.3) is 11.1 Å². The Hall–Kier alpha value is -3.75. The minimum Gasteiger partial charge on any atom is -0.508 e. The smallest absolute Gasteiger partial charge is 0.243 e. The molecule has 39 heavy (non-hydrogen) atoms. The predicted octanol–water partition coefficient (Wildman–Crippen LogP) is -2.69.